The Morgan fingerprint density at radius 1 is 1.30 bits per heavy atom. The van der Waals surface area contributed by atoms with Crippen LogP contribution in [0.3, 0.4) is 0 Å². The number of hydrogen-bond donors (Lipinski definition) is 2. The Bertz CT molecular complexity index is 1250. The van der Waals surface area contributed by atoms with E-state index >= 15 is 0 Å². The van der Waals surface area contributed by atoms with Crippen LogP contribution < -0.4 is 14.8 Å². The van der Waals surface area contributed by atoms with Crippen molar-refractivity contribution in [3.63, 3.8) is 0 Å². The lowest BCUT2D eigenvalue weighted by atomic mass is 10.2. The van der Waals surface area contributed by atoms with Gasteiger partial charge in [-0.3, -0.25) is 14.2 Å². The third-order valence-corrected chi connectivity index (χ3v) is 8.63. The van der Waals surface area contributed by atoms with E-state index in [0.29, 0.717) is 23.6 Å². The SMILES string of the molecule is Cc1nn([C@@H]2CCS(=O)(=O)C2)c(C)c1S(=O)(=O)Nc1ccc2c(c1)NC(=O)[C@H](C)O2. The van der Waals surface area contributed by atoms with Gasteiger partial charge < -0.3 is 10.1 Å². The summed E-state index contributed by atoms with van der Waals surface area (Å²) in [5.74, 6) is 0.151. The standard InChI is InChI=1S/C18H22N4O6S2/c1-10-17(11(2)22(20-10)14-6-7-29(24,25)9-14)30(26,27)21-13-4-5-16-15(8-13)19-18(23)12(3)28-16/h4-5,8,12,14,21H,6-7,9H2,1-3H3,(H,19,23)/t12-,14+/m0/s1. The molecule has 0 spiro atoms. The van der Waals surface area contributed by atoms with Crippen LogP contribution in [-0.2, 0) is 24.7 Å². The molecule has 1 fully saturated rings. The number of nitrogens with zero attached hydrogens (tertiary/aromatic N) is 2. The zero-order valence-corrected chi connectivity index (χ0v) is 18.3. The van der Waals surface area contributed by atoms with Gasteiger partial charge >= 0.3 is 0 Å². The Balaban J connectivity index is 1.64. The van der Waals surface area contributed by atoms with Crippen molar-refractivity contribution in [2.75, 3.05) is 21.5 Å². The smallest absolute Gasteiger partial charge is 0.265 e. The molecule has 10 nitrogen and oxygen atoms in total. The van der Waals surface area contributed by atoms with E-state index in [9.17, 15) is 21.6 Å². The maximum Gasteiger partial charge on any atom is 0.265 e. The number of ether oxygens (including phenoxy) is 1. The van der Waals surface area contributed by atoms with Crippen molar-refractivity contribution >= 4 is 37.1 Å². The summed E-state index contributed by atoms with van der Waals surface area (Å²) in [7, 11) is -7.14. The number of anilines is 2. The molecular weight excluding hydrogens is 432 g/mol. The highest BCUT2D eigenvalue weighted by Crippen LogP contribution is 2.34. The molecule has 0 saturated carbocycles. The van der Waals surface area contributed by atoms with Gasteiger partial charge in [0.2, 0.25) is 0 Å². The van der Waals surface area contributed by atoms with Crippen molar-refractivity contribution in [1.29, 1.82) is 0 Å². The molecule has 0 unspecified atom stereocenters. The van der Waals surface area contributed by atoms with Gasteiger partial charge in [0.15, 0.2) is 15.9 Å². The van der Waals surface area contributed by atoms with Gasteiger partial charge in [-0.25, -0.2) is 16.8 Å². The Labute approximate surface area is 174 Å². The fourth-order valence-corrected chi connectivity index (χ4v) is 6.98. The molecule has 0 bridgehead atoms. The molecule has 2 N–H and O–H groups in total. The summed E-state index contributed by atoms with van der Waals surface area (Å²) in [5, 5.41) is 6.99. The number of fused-ring (bicyclic) bond motifs is 1. The molecular formula is C18H22N4O6S2. The van der Waals surface area contributed by atoms with E-state index in [0.717, 1.165) is 0 Å². The summed E-state index contributed by atoms with van der Waals surface area (Å²) >= 11 is 0. The zero-order valence-electron chi connectivity index (χ0n) is 16.7. The quantitative estimate of drug-likeness (QED) is 0.712. The molecule has 162 valence electrons. The minimum Gasteiger partial charge on any atom is -0.479 e. The fourth-order valence-electron chi connectivity index (χ4n) is 3.84. The van der Waals surface area contributed by atoms with Gasteiger partial charge in [0.1, 0.15) is 10.6 Å². The van der Waals surface area contributed by atoms with Crippen molar-refractivity contribution in [2.45, 2.75) is 44.2 Å². The van der Waals surface area contributed by atoms with Gasteiger partial charge in [-0.05, 0) is 45.4 Å². The van der Waals surface area contributed by atoms with Gasteiger partial charge in [0.25, 0.3) is 15.9 Å². The van der Waals surface area contributed by atoms with Gasteiger partial charge in [-0.2, -0.15) is 5.10 Å². The number of nitrogens with one attached hydrogen (secondary N) is 2. The van der Waals surface area contributed by atoms with Gasteiger partial charge in [0, 0.05) is 0 Å². The lowest BCUT2D eigenvalue weighted by Gasteiger charge is -2.23. The number of carbonyl (C=O) groups excluding carboxylic acids is 1. The normalized spacial score (nSPS) is 22.8. The molecule has 12 heteroatoms. The molecule has 0 aliphatic carbocycles. The van der Waals surface area contributed by atoms with E-state index in [-0.39, 0.29) is 39.7 Å². The second-order valence-electron chi connectivity index (χ2n) is 7.57. The van der Waals surface area contributed by atoms with Crippen LogP contribution in [0.1, 0.15) is 30.8 Å². The largest absolute Gasteiger partial charge is 0.479 e. The molecule has 30 heavy (non-hydrogen) atoms. The number of benzene rings is 1. The summed E-state index contributed by atoms with van der Waals surface area (Å²) in [6.07, 6.45) is -0.226. The van der Waals surface area contributed by atoms with E-state index in [1.807, 2.05) is 0 Å². The molecule has 4 rings (SSSR count). The number of rotatable bonds is 4. The van der Waals surface area contributed by atoms with Crippen molar-refractivity contribution in [3.8, 4) is 5.75 Å². The van der Waals surface area contributed by atoms with E-state index in [2.05, 4.69) is 15.1 Å². The fraction of sp³-hybridized carbons (Fsp3) is 0.444. The lowest BCUT2D eigenvalue weighted by Crippen LogP contribution is -2.34. The molecule has 1 amide bonds. The average Bonchev–Trinajstić information content (AvgIpc) is 3.14. The third kappa shape index (κ3) is 3.65. The van der Waals surface area contributed by atoms with Crippen LogP contribution in [-0.4, -0.2) is 50.1 Å². The predicted octanol–water partition coefficient (Wildman–Crippen LogP) is 1.38. The molecule has 1 aromatic heterocycles. The summed E-state index contributed by atoms with van der Waals surface area (Å²) in [6.45, 7) is 4.80. The first kappa shape index (κ1) is 20.7. The zero-order chi connectivity index (χ0) is 21.8. The topological polar surface area (TPSA) is 136 Å². The first-order valence-corrected chi connectivity index (χ1v) is 12.7. The van der Waals surface area contributed by atoms with Gasteiger partial charge in [-0.1, -0.05) is 0 Å². The van der Waals surface area contributed by atoms with E-state index in [4.69, 9.17) is 4.74 Å². The first-order chi connectivity index (χ1) is 14.0. The van der Waals surface area contributed by atoms with Crippen LogP contribution >= 0.6 is 0 Å². The third-order valence-electron chi connectivity index (χ3n) is 5.24. The molecule has 3 heterocycles. The second kappa shape index (κ2) is 6.98. The number of hydrogen-bond acceptors (Lipinski definition) is 7. The van der Waals surface area contributed by atoms with Crippen LogP contribution in [0.2, 0.25) is 0 Å². The van der Waals surface area contributed by atoms with E-state index < -0.39 is 26.0 Å². The number of sulfonamides is 1. The van der Waals surface area contributed by atoms with Crippen molar-refractivity contribution < 1.29 is 26.4 Å². The molecule has 1 aromatic carbocycles. The van der Waals surface area contributed by atoms with Crippen LogP contribution in [0, 0.1) is 13.8 Å². The Morgan fingerprint density at radius 3 is 2.70 bits per heavy atom. The van der Waals surface area contributed by atoms with Crippen molar-refractivity contribution in [2.24, 2.45) is 0 Å². The highest BCUT2D eigenvalue weighted by molar-refractivity contribution is 7.92. The number of aromatic nitrogens is 2. The maximum atomic E-state index is 13.1. The maximum absolute atomic E-state index is 13.1. The second-order valence-corrected chi connectivity index (χ2v) is 11.4. The van der Waals surface area contributed by atoms with Crippen molar-refractivity contribution in [3.05, 3.63) is 29.6 Å². The Hall–Kier alpha value is -2.60. The lowest BCUT2D eigenvalue weighted by molar-refractivity contribution is -0.122. The average molecular weight is 455 g/mol. The van der Waals surface area contributed by atoms with Gasteiger partial charge in [-0.15, -0.1) is 0 Å². The Kier molecular flexibility index (Phi) is 4.81. The number of carbonyl (C=O) groups is 1. The Morgan fingerprint density at radius 2 is 2.03 bits per heavy atom. The van der Waals surface area contributed by atoms with Crippen molar-refractivity contribution in [1.82, 2.24) is 9.78 Å². The van der Waals surface area contributed by atoms with Crippen LogP contribution in [0.15, 0.2) is 23.1 Å². The highest BCUT2D eigenvalue weighted by Gasteiger charge is 2.34. The highest BCUT2D eigenvalue weighted by atomic mass is 32.2. The van der Waals surface area contributed by atoms with Crippen LogP contribution in [0.25, 0.3) is 0 Å². The van der Waals surface area contributed by atoms with E-state index in [1.54, 1.807) is 32.9 Å². The molecule has 1 saturated heterocycles. The molecule has 2 atom stereocenters. The minimum absolute atomic E-state index is 0.0124. The number of sulfone groups is 1. The summed E-state index contributed by atoms with van der Waals surface area (Å²) < 4.78 is 59.3. The predicted molar refractivity (Wildman–Crippen MR) is 110 cm³/mol. The van der Waals surface area contributed by atoms with Gasteiger partial charge in [0.05, 0.1) is 40.3 Å². The number of amides is 1. The van der Waals surface area contributed by atoms with Crippen LogP contribution in [0.4, 0.5) is 11.4 Å². The number of aryl methyl sites for hydroxylation is 1. The molecule has 2 aromatic rings. The molecule has 0 radical (unpaired) electrons. The van der Waals surface area contributed by atoms with E-state index in [1.165, 1.54) is 10.7 Å². The molecule has 2 aliphatic rings. The minimum atomic E-state index is -4.00. The summed E-state index contributed by atoms with van der Waals surface area (Å²) in [6, 6.07) is 4.22. The summed E-state index contributed by atoms with van der Waals surface area (Å²) in [4.78, 5) is 11.8. The first-order valence-electron chi connectivity index (χ1n) is 9.37. The molecule has 2 aliphatic heterocycles. The monoisotopic (exact) mass is 454 g/mol. The van der Waals surface area contributed by atoms with Crippen LogP contribution in [0.5, 0.6) is 5.75 Å². The summed E-state index contributed by atoms with van der Waals surface area (Å²) in [5.41, 5.74) is 1.29.